The highest BCUT2D eigenvalue weighted by Gasteiger charge is 2.30. The van der Waals surface area contributed by atoms with Gasteiger partial charge in [0.05, 0.1) is 13.4 Å². The van der Waals surface area contributed by atoms with Crippen LogP contribution in [-0.4, -0.2) is 57.2 Å². The number of hydrogen-bond donors (Lipinski definition) is 1. The van der Waals surface area contributed by atoms with E-state index in [9.17, 15) is 18.0 Å². The van der Waals surface area contributed by atoms with E-state index in [-0.39, 0.29) is 18.5 Å². The van der Waals surface area contributed by atoms with E-state index < -0.39 is 27.9 Å². The predicted octanol–water partition coefficient (Wildman–Crippen LogP) is 0.360. The first-order valence-corrected chi connectivity index (χ1v) is 8.71. The van der Waals surface area contributed by atoms with Gasteiger partial charge < -0.3 is 9.64 Å². The van der Waals surface area contributed by atoms with Crippen LogP contribution < -0.4 is 4.72 Å². The van der Waals surface area contributed by atoms with Crippen LogP contribution in [0.3, 0.4) is 0 Å². The normalized spacial score (nSPS) is 13.3. The van der Waals surface area contributed by atoms with Crippen molar-refractivity contribution in [1.29, 1.82) is 0 Å². The van der Waals surface area contributed by atoms with Crippen molar-refractivity contribution in [3.63, 3.8) is 0 Å². The Hall–Kier alpha value is -1.15. The topological polar surface area (TPSA) is 92.8 Å². The summed E-state index contributed by atoms with van der Waals surface area (Å²) in [6.45, 7) is 7.10. The van der Waals surface area contributed by atoms with Gasteiger partial charge in [-0.25, -0.2) is 13.1 Å². The van der Waals surface area contributed by atoms with Crippen molar-refractivity contribution >= 4 is 21.9 Å². The van der Waals surface area contributed by atoms with Gasteiger partial charge in [-0.15, -0.1) is 0 Å². The van der Waals surface area contributed by atoms with Gasteiger partial charge in [-0.2, -0.15) is 0 Å². The summed E-state index contributed by atoms with van der Waals surface area (Å²) in [4.78, 5) is 25.3. The van der Waals surface area contributed by atoms with Gasteiger partial charge in [0.15, 0.2) is 0 Å². The van der Waals surface area contributed by atoms with Gasteiger partial charge >= 0.3 is 5.97 Å². The van der Waals surface area contributed by atoms with E-state index in [2.05, 4.69) is 9.46 Å². The van der Waals surface area contributed by atoms with Crippen LogP contribution in [0.25, 0.3) is 0 Å². The van der Waals surface area contributed by atoms with Gasteiger partial charge in [-0.1, -0.05) is 13.8 Å². The second-order valence-electron chi connectivity index (χ2n) is 5.71. The molecule has 0 saturated carbocycles. The zero-order valence-electron chi connectivity index (χ0n) is 13.5. The molecule has 1 atom stereocenters. The smallest absolute Gasteiger partial charge is 0.325 e. The van der Waals surface area contributed by atoms with Gasteiger partial charge in [0, 0.05) is 6.04 Å². The maximum absolute atomic E-state index is 12.5. The van der Waals surface area contributed by atoms with Crippen LogP contribution in [0.15, 0.2) is 0 Å². The first-order valence-electron chi connectivity index (χ1n) is 6.82. The fraction of sp³-hybridized carbons (Fsp3) is 0.846. The number of rotatable bonds is 8. The molecule has 1 unspecified atom stereocenters. The van der Waals surface area contributed by atoms with Crippen LogP contribution in [0.2, 0.25) is 0 Å². The number of nitrogens with zero attached hydrogens (tertiary/aromatic N) is 1. The zero-order chi connectivity index (χ0) is 16.8. The minimum absolute atomic E-state index is 0.125. The summed E-state index contributed by atoms with van der Waals surface area (Å²) in [7, 11) is -2.28. The molecule has 1 N–H and O–H groups in total. The fourth-order valence-corrected chi connectivity index (χ4v) is 2.56. The van der Waals surface area contributed by atoms with Crippen LogP contribution in [0.4, 0.5) is 0 Å². The Balaban J connectivity index is 5.23. The van der Waals surface area contributed by atoms with Crippen molar-refractivity contribution in [3.05, 3.63) is 0 Å². The molecule has 0 aliphatic heterocycles. The third-order valence-electron chi connectivity index (χ3n) is 2.80. The van der Waals surface area contributed by atoms with E-state index in [0.29, 0.717) is 6.42 Å². The Labute approximate surface area is 127 Å². The first-order chi connectivity index (χ1) is 9.47. The molecule has 0 aromatic heterocycles. The van der Waals surface area contributed by atoms with E-state index in [4.69, 9.17) is 0 Å². The van der Waals surface area contributed by atoms with Crippen LogP contribution in [0.5, 0.6) is 0 Å². The second-order valence-corrected chi connectivity index (χ2v) is 7.49. The summed E-state index contributed by atoms with van der Waals surface area (Å²) in [5.41, 5.74) is 0. The molecule has 0 spiro atoms. The molecule has 0 aromatic rings. The van der Waals surface area contributed by atoms with Gasteiger partial charge in [-0.05, 0) is 26.2 Å². The molecule has 0 aliphatic carbocycles. The molecule has 21 heavy (non-hydrogen) atoms. The Kier molecular flexibility index (Phi) is 7.87. The summed E-state index contributed by atoms with van der Waals surface area (Å²) in [6, 6.07) is -1.13. The summed E-state index contributed by atoms with van der Waals surface area (Å²) >= 11 is 0. The number of esters is 1. The Morgan fingerprint density at radius 3 is 2.05 bits per heavy atom. The predicted molar refractivity (Wildman–Crippen MR) is 80.1 cm³/mol. The Bertz CT molecular complexity index is 459. The van der Waals surface area contributed by atoms with Crippen molar-refractivity contribution in [2.75, 3.05) is 19.9 Å². The number of hydrogen-bond acceptors (Lipinski definition) is 5. The van der Waals surface area contributed by atoms with E-state index in [1.807, 2.05) is 13.8 Å². The van der Waals surface area contributed by atoms with Crippen molar-refractivity contribution in [1.82, 2.24) is 9.62 Å². The number of nitrogens with one attached hydrogen (secondary N) is 1. The van der Waals surface area contributed by atoms with Crippen LogP contribution in [0, 0.1) is 5.92 Å². The molecule has 0 rings (SSSR count). The lowest BCUT2D eigenvalue weighted by Gasteiger charge is -2.30. The van der Waals surface area contributed by atoms with Crippen molar-refractivity contribution in [2.24, 2.45) is 5.92 Å². The van der Waals surface area contributed by atoms with Crippen LogP contribution in [-0.2, 0) is 24.3 Å². The number of methoxy groups -OCH3 is 1. The molecule has 0 fully saturated rings. The molecule has 8 heteroatoms. The summed E-state index contributed by atoms with van der Waals surface area (Å²) in [5, 5.41) is 0. The van der Waals surface area contributed by atoms with Crippen LogP contribution in [0.1, 0.15) is 34.1 Å². The largest absolute Gasteiger partial charge is 0.468 e. The van der Waals surface area contributed by atoms with E-state index >= 15 is 0 Å². The summed E-state index contributed by atoms with van der Waals surface area (Å²) < 4.78 is 29.8. The number of carbonyl (C=O) groups excluding carboxylic acids is 2. The quantitative estimate of drug-likeness (QED) is 0.651. The molecule has 124 valence electrons. The molecule has 0 aromatic carbocycles. The lowest BCUT2D eigenvalue weighted by atomic mass is 10.0. The van der Waals surface area contributed by atoms with E-state index in [1.54, 1.807) is 13.8 Å². The van der Waals surface area contributed by atoms with Crippen molar-refractivity contribution in [2.45, 2.75) is 46.2 Å². The van der Waals surface area contributed by atoms with Gasteiger partial charge in [0.1, 0.15) is 12.6 Å². The van der Waals surface area contributed by atoms with Gasteiger partial charge in [0.25, 0.3) is 0 Å². The summed E-state index contributed by atoms with van der Waals surface area (Å²) in [5.74, 6) is -0.838. The highest BCUT2D eigenvalue weighted by atomic mass is 32.2. The molecule has 0 saturated heterocycles. The molecule has 1 amide bonds. The number of ether oxygens (including phenoxy) is 1. The average Bonchev–Trinajstić information content (AvgIpc) is 2.31. The molecular formula is C13H26N2O5S. The fourth-order valence-electron chi connectivity index (χ4n) is 1.85. The lowest BCUT2D eigenvalue weighted by Crippen LogP contribution is -2.52. The number of carbonyl (C=O) groups is 2. The van der Waals surface area contributed by atoms with E-state index in [1.165, 1.54) is 12.0 Å². The lowest BCUT2D eigenvalue weighted by molar-refractivity contribution is -0.149. The molecule has 0 aliphatic rings. The summed E-state index contributed by atoms with van der Waals surface area (Å²) in [6.07, 6.45) is 1.37. The van der Waals surface area contributed by atoms with E-state index in [0.717, 1.165) is 6.26 Å². The average molecular weight is 322 g/mol. The number of amides is 1. The zero-order valence-corrected chi connectivity index (χ0v) is 14.4. The number of sulfonamides is 1. The first kappa shape index (κ1) is 19.9. The molecule has 0 radical (unpaired) electrons. The molecule has 7 nitrogen and oxygen atoms in total. The highest BCUT2D eigenvalue weighted by molar-refractivity contribution is 7.88. The maximum Gasteiger partial charge on any atom is 0.325 e. The third kappa shape index (κ3) is 8.01. The second kappa shape index (κ2) is 8.33. The minimum atomic E-state index is -3.52. The molecule has 0 heterocycles. The SMILES string of the molecule is COC(=O)CN(C(=O)C(CC(C)C)NS(C)(=O)=O)C(C)C. The maximum atomic E-state index is 12.5. The standard InChI is InChI=1S/C13H26N2O5S/c1-9(2)7-11(14-21(6,18)19)13(17)15(10(3)4)8-12(16)20-5/h9-11,14H,7-8H2,1-6H3. The highest BCUT2D eigenvalue weighted by Crippen LogP contribution is 2.11. The Morgan fingerprint density at radius 1 is 1.19 bits per heavy atom. The third-order valence-corrected chi connectivity index (χ3v) is 3.51. The van der Waals surface area contributed by atoms with Gasteiger partial charge in [0.2, 0.25) is 15.9 Å². The monoisotopic (exact) mass is 322 g/mol. The van der Waals surface area contributed by atoms with Crippen molar-refractivity contribution in [3.8, 4) is 0 Å². The van der Waals surface area contributed by atoms with Gasteiger partial charge in [-0.3, -0.25) is 9.59 Å². The Morgan fingerprint density at radius 2 is 1.71 bits per heavy atom. The molecule has 0 bridgehead atoms. The molecular weight excluding hydrogens is 296 g/mol. The minimum Gasteiger partial charge on any atom is -0.468 e. The van der Waals surface area contributed by atoms with Crippen molar-refractivity contribution < 1.29 is 22.7 Å². The van der Waals surface area contributed by atoms with Crippen LogP contribution >= 0.6 is 0 Å².